The van der Waals surface area contributed by atoms with E-state index in [4.69, 9.17) is 16.2 Å². The molecule has 0 atom stereocenters. The largest absolute Gasteiger partial charge is 0.472 e. The van der Waals surface area contributed by atoms with Gasteiger partial charge in [0.2, 0.25) is 11.8 Å². The van der Waals surface area contributed by atoms with Gasteiger partial charge in [0.25, 0.3) is 5.91 Å². The Kier molecular flexibility index (Phi) is 5.01. The minimum Gasteiger partial charge on any atom is -0.472 e. The number of ether oxygens (including phenoxy) is 1. The van der Waals surface area contributed by atoms with Gasteiger partial charge in [0.05, 0.1) is 17.2 Å². The fourth-order valence-corrected chi connectivity index (χ4v) is 4.13. The molecule has 0 saturated carbocycles. The van der Waals surface area contributed by atoms with E-state index in [1.54, 1.807) is 0 Å². The number of nitrogens with two attached hydrogens (primary N) is 2. The molecule has 1 saturated heterocycles. The van der Waals surface area contributed by atoms with E-state index >= 15 is 0 Å². The number of anilines is 2. The molecule has 1 fully saturated rings. The van der Waals surface area contributed by atoms with Crippen molar-refractivity contribution in [3.05, 3.63) is 40.8 Å². The summed E-state index contributed by atoms with van der Waals surface area (Å²) in [5.41, 5.74) is 12.8. The molecule has 3 aromatic rings. The van der Waals surface area contributed by atoms with Gasteiger partial charge in [-0.25, -0.2) is 4.98 Å². The summed E-state index contributed by atoms with van der Waals surface area (Å²) >= 11 is 1.14. The highest BCUT2D eigenvalue weighted by molar-refractivity contribution is 7.21. The molecule has 8 nitrogen and oxygen atoms in total. The molecule has 2 aromatic heterocycles. The lowest BCUT2D eigenvalue weighted by atomic mass is 10.1. The Morgan fingerprint density at radius 2 is 1.96 bits per heavy atom. The first-order valence-electron chi connectivity index (χ1n) is 9.02. The number of thiophene rings is 1. The third kappa shape index (κ3) is 3.58. The summed E-state index contributed by atoms with van der Waals surface area (Å²) in [5, 5.41) is 10.3. The lowest BCUT2D eigenvalue weighted by Gasteiger charge is -2.29. The van der Waals surface area contributed by atoms with E-state index < -0.39 is 5.91 Å². The van der Waals surface area contributed by atoms with Gasteiger partial charge < -0.3 is 26.2 Å². The Bertz CT molecular complexity index is 1000. The van der Waals surface area contributed by atoms with Crippen LogP contribution in [0.5, 0.6) is 5.88 Å². The predicted molar refractivity (Wildman–Crippen MR) is 109 cm³/mol. The quantitative estimate of drug-likeness (QED) is 0.598. The fourth-order valence-electron chi connectivity index (χ4n) is 3.20. The molecule has 1 amide bonds. The zero-order chi connectivity index (χ0) is 19.7. The SMILES string of the molecule is NC(=O)c1sc2nc(N3CCC(O)CC3)nc(OCc3ccccc3)c2c1N. The van der Waals surface area contributed by atoms with Crippen LogP contribution in [0.3, 0.4) is 0 Å². The van der Waals surface area contributed by atoms with Gasteiger partial charge in [-0.3, -0.25) is 4.79 Å². The van der Waals surface area contributed by atoms with Crippen LogP contribution in [0.25, 0.3) is 10.2 Å². The highest BCUT2D eigenvalue weighted by Crippen LogP contribution is 2.39. The van der Waals surface area contributed by atoms with Crippen molar-refractivity contribution < 1.29 is 14.6 Å². The van der Waals surface area contributed by atoms with Crippen LogP contribution < -0.4 is 21.1 Å². The van der Waals surface area contributed by atoms with E-state index in [-0.39, 0.29) is 16.7 Å². The molecule has 0 radical (unpaired) electrons. The number of carbonyl (C=O) groups excluding carboxylic acids is 1. The summed E-state index contributed by atoms with van der Waals surface area (Å²) in [5.74, 6) is 0.230. The number of hydrogen-bond acceptors (Lipinski definition) is 8. The average Bonchev–Trinajstić information content (AvgIpc) is 3.04. The Hall–Kier alpha value is -2.91. The fraction of sp³-hybridized carbons (Fsp3) is 0.316. The molecule has 3 heterocycles. The number of carbonyl (C=O) groups is 1. The topological polar surface area (TPSA) is 128 Å². The van der Waals surface area contributed by atoms with Crippen LogP contribution in [-0.4, -0.2) is 40.2 Å². The summed E-state index contributed by atoms with van der Waals surface area (Å²) < 4.78 is 5.98. The molecule has 0 unspecified atom stereocenters. The molecule has 0 spiro atoms. The van der Waals surface area contributed by atoms with E-state index in [9.17, 15) is 9.90 Å². The summed E-state index contributed by atoms with van der Waals surface area (Å²) in [6, 6.07) is 9.71. The Labute approximate surface area is 165 Å². The normalized spacial score (nSPS) is 15.1. The highest BCUT2D eigenvalue weighted by Gasteiger charge is 2.25. The molecule has 1 aliphatic rings. The number of aliphatic hydroxyl groups excluding tert-OH is 1. The van der Waals surface area contributed by atoms with Crippen LogP contribution >= 0.6 is 11.3 Å². The van der Waals surface area contributed by atoms with Crippen molar-refractivity contribution in [2.75, 3.05) is 23.7 Å². The number of aliphatic hydroxyl groups is 1. The van der Waals surface area contributed by atoms with Crippen molar-refractivity contribution in [3.63, 3.8) is 0 Å². The first-order valence-corrected chi connectivity index (χ1v) is 9.84. The van der Waals surface area contributed by atoms with Gasteiger partial charge in [-0.05, 0) is 18.4 Å². The molecule has 28 heavy (non-hydrogen) atoms. The minimum atomic E-state index is -0.600. The molecule has 1 aromatic carbocycles. The first-order chi connectivity index (χ1) is 13.5. The first kappa shape index (κ1) is 18.5. The monoisotopic (exact) mass is 399 g/mol. The Morgan fingerprint density at radius 1 is 1.25 bits per heavy atom. The molecule has 5 N–H and O–H groups in total. The van der Waals surface area contributed by atoms with E-state index in [0.717, 1.165) is 16.9 Å². The number of primary amides is 1. The minimum absolute atomic E-state index is 0.246. The second kappa shape index (κ2) is 7.61. The number of nitrogens with zero attached hydrogens (tertiary/aromatic N) is 3. The van der Waals surface area contributed by atoms with Crippen molar-refractivity contribution in [2.45, 2.75) is 25.6 Å². The molecule has 1 aliphatic heterocycles. The molecule has 0 bridgehead atoms. The van der Waals surface area contributed by atoms with Crippen LogP contribution in [0.15, 0.2) is 30.3 Å². The van der Waals surface area contributed by atoms with Gasteiger partial charge >= 0.3 is 0 Å². The smallest absolute Gasteiger partial charge is 0.260 e. The van der Waals surface area contributed by atoms with Crippen LogP contribution in [0.1, 0.15) is 28.1 Å². The number of aromatic nitrogens is 2. The van der Waals surface area contributed by atoms with Crippen molar-refractivity contribution in [3.8, 4) is 5.88 Å². The van der Waals surface area contributed by atoms with Crippen molar-refractivity contribution >= 4 is 39.1 Å². The van der Waals surface area contributed by atoms with Crippen LogP contribution in [-0.2, 0) is 6.61 Å². The predicted octanol–water partition coefficient (Wildman–Crippen LogP) is 1.91. The van der Waals surface area contributed by atoms with Gasteiger partial charge in [0.15, 0.2) is 0 Å². The number of hydrogen-bond donors (Lipinski definition) is 3. The van der Waals surface area contributed by atoms with Crippen LogP contribution in [0.2, 0.25) is 0 Å². The van der Waals surface area contributed by atoms with E-state index in [0.29, 0.717) is 54.6 Å². The molecular weight excluding hydrogens is 378 g/mol. The van der Waals surface area contributed by atoms with E-state index in [1.165, 1.54) is 0 Å². The molecule has 0 aliphatic carbocycles. The van der Waals surface area contributed by atoms with Crippen LogP contribution in [0.4, 0.5) is 11.6 Å². The van der Waals surface area contributed by atoms with Gasteiger partial charge in [-0.2, -0.15) is 4.98 Å². The summed E-state index contributed by atoms with van der Waals surface area (Å²) in [7, 11) is 0. The highest BCUT2D eigenvalue weighted by atomic mass is 32.1. The van der Waals surface area contributed by atoms with Gasteiger partial charge in [-0.15, -0.1) is 11.3 Å². The second-order valence-electron chi connectivity index (χ2n) is 6.71. The standard InChI is InChI=1S/C19H21N5O3S/c20-14-13-17(27-10-11-4-2-1-3-5-11)22-19(24-8-6-12(25)7-9-24)23-18(13)28-15(14)16(21)26/h1-5,12,25H,6-10,20H2,(H2,21,26). The summed E-state index contributed by atoms with van der Waals surface area (Å²) in [6.45, 7) is 1.61. The number of nitrogen functional groups attached to an aromatic ring is 1. The van der Waals surface area contributed by atoms with E-state index in [1.807, 2.05) is 35.2 Å². The van der Waals surface area contributed by atoms with Crippen LogP contribution in [0, 0.1) is 0 Å². The van der Waals surface area contributed by atoms with E-state index in [2.05, 4.69) is 9.97 Å². The lowest BCUT2D eigenvalue weighted by Crippen LogP contribution is -2.36. The molecular formula is C19H21N5O3S. The average molecular weight is 399 g/mol. The maximum absolute atomic E-state index is 11.7. The number of amides is 1. The zero-order valence-corrected chi connectivity index (χ0v) is 16.0. The second-order valence-corrected chi connectivity index (χ2v) is 7.71. The van der Waals surface area contributed by atoms with Crippen molar-refractivity contribution in [1.82, 2.24) is 9.97 Å². The van der Waals surface area contributed by atoms with Gasteiger partial charge in [0, 0.05) is 13.1 Å². The zero-order valence-electron chi connectivity index (χ0n) is 15.2. The summed E-state index contributed by atoms with van der Waals surface area (Å²) in [4.78, 5) is 23.7. The molecule has 9 heteroatoms. The Balaban J connectivity index is 1.74. The number of fused-ring (bicyclic) bond motifs is 1. The number of piperidine rings is 1. The van der Waals surface area contributed by atoms with Gasteiger partial charge in [-0.1, -0.05) is 30.3 Å². The number of benzene rings is 1. The number of rotatable bonds is 5. The third-order valence-corrected chi connectivity index (χ3v) is 5.85. The van der Waals surface area contributed by atoms with Crippen molar-refractivity contribution in [2.24, 2.45) is 5.73 Å². The Morgan fingerprint density at radius 3 is 2.64 bits per heavy atom. The maximum Gasteiger partial charge on any atom is 0.260 e. The maximum atomic E-state index is 11.7. The van der Waals surface area contributed by atoms with Gasteiger partial charge in [0.1, 0.15) is 16.3 Å². The molecule has 146 valence electrons. The van der Waals surface area contributed by atoms with Crippen molar-refractivity contribution in [1.29, 1.82) is 0 Å². The summed E-state index contributed by atoms with van der Waals surface area (Å²) in [6.07, 6.45) is 1.01. The lowest BCUT2D eigenvalue weighted by molar-refractivity contribution is 0.100. The third-order valence-electron chi connectivity index (χ3n) is 4.73. The molecule has 4 rings (SSSR count).